The maximum atomic E-state index is 12.7. The first-order valence-corrected chi connectivity index (χ1v) is 14.0. The minimum absolute atomic E-state index is 0.120. The van der Waals surface area contributed by atoms with Gasteiger partial charge in [0.05, 0.1) is 24.1 Å². The summed E-state index contributed by atoms with van der Waals surface area (Å²) < 4.78 is 5.59. The van der Waals surface area contributed by atoms with E-state index >= 15 is 0 Å². The Hall–Kier alpha value is -4.31. The summed E-state index contributed by atoms with van der Waals surface area (Å²) in [6.07, 6.45) is 9.75. The Bertz CT molecular complexity index is 1660. The maximum absolute atomic E-state index is 12.7. The number of hydrogen-bond donors (Lipinski definition) is 2. The molecule has 3 heterocycles. The van der Waals surface area contributed by atoms with Crippen molar-refractivity contribution >= 4 is 16.9 Å². The second kappa shape index (κ2) is 10.3. The van der Waals surface area contributed by atoms with Crippen LogP contribution in [0.1, 0.15) is 88.2 Å². The van der Waals surface area contributed by atoms with Crippen LogP contribution in [0.15, 0.2) is 60.4 Å². The number of nitrogens with zero attached hydrogens (tertiary/aromatic N) is 3. The first-order valence-electron chi connectivity index (χ1n) is 14.0. The molecule has 0 unspecified atom stereocenters. The van der Waals surface area contributed by atoms with Gasteiger partial charge in [-0.25, -0.2) is 14.8 Å². The predicted molar refractivity (Wildman–Crippen MR) is 157 cm³/mol. The number of aromatic amines is 2. The van der Waals surface area contributed by atoms with Gasteiger partial charge in [-0.15, -0.1) is 0 Å². The summed E-state index contributed by atoms with van der Waals surface area (Å²) in [5.74, 6) is 8.65. The number of fused-ring (bicyclic) bond motifs is 1. The molecule has 1 aliphatic carbocycles. The van der Waals surface area contributed by atoms with Crippen molar-refractivity contribution in [3.05, 3.63) is 83.3 Å². The molecular formula is C33H35N5O2. The van der Waals surface area contributed by atoms with Crippen LogP contribution in [0, 0.1) is 11.8 Å². The molecule has 4 aromatic rings. The van der Waals surface area contributed by atoms with Gasteiger partial charge in [-0.3, -0.25) is 4.90 Å². The highest BCUT2D eigenvalue weighted by Crippen LogP contribution is 2.33. The third kappa shape index (κ3) is 5.53. The predicted octanol–water partition coefficient (Wildman–Crippen LogP) is 7.25. The quantitative estimate of drug-likeness (QED) is 0.215. The molecule has 6 rings (SSSR count). The second-order valence-corrected chi connectivity index (χ2v) is 11.9. The van der Waals surface area contributed by atoms with Crippen molar-refractivity contribution < 1.29 is 9.53 Å². The number of ether oxygens (including phenoxy) is 1. The normalized spacial score (nSPS) is 19.0. The summed E-state index contributed by atoms with van der Waals surface area (Å²) in [7, 11) is 0. The lowest BCUT2D eigenvalue weighted by molar-refractivity contribution is 0.0218. The van der Waals surface area contributed by atoms with Crippen molar-refractivity contribution in [2.45, 2.75) is 70.9 Å². The van der Waals surface area contributed by atoms with E-state index in [1.165, 1.54) is 5.57 Å². The number of imidazole rings is 2. The highest BCUT2D eigenvalue weighted by atomic mass is 16.6. The zero-order valence-electron chi connectivity index (χ0n) is 23.5. The first-order chi connectivity index (χ1) is 19.2. The van der Waals surface area contributed by atoms with E-state index in [2.05, 4.69) is 75.1 Å². The zero-order valence-corrected chi connectivity index (χ0v) is 23.5. The Balaban J connectivity index is 1.16. The number of likely N-dealkylation sites (tertiary alicyclic amines) is 1. The summed E-state index contributed by atoms with van der Waals surface area (Å²) in [6.45, 7) is 8.50. The van der Waals surface area contributed by atoms with E-state index in [0.29, 0.717) is 12.5 Å². The number of hydrogen-bond acceptors (Lipinski definition) is 4. The minimum Gasteiger partial charge on any atom is -0.444 e. The molecular weight excluding hydrogens is 498 g/mol. The number of allylic oxidation sites excluding steroid dienone is 2. The maximum Gasteiger partial charge on any atom is 0.410 e. The van der Waals surface area contributed by atoms with E-state index in [1.807, 2.05) is 33.0 Å². The molecule has 1 fully saturated rings. The molecule has 2 aliphatic rings. The molecule has 2 aromatic heterocycles. The summed E-state index contributed by atoms with van der Waals surface area (Å²) in [4.78, 5) is 30.5. The highest BCUT2D eigenvalue weighted by Gasteiger charge is 2.34. The number of H-pyrrole nitrogens is 2. The van der Waals surface area contributed by atoms with Gasteiger partial charge in [0.1, 0.15) is 22.9 Å². The fraction of sp³-hybridized carbons (Fsp3) is 0.364. The fourth-order valence-corrected chi connectivity index (χ4v) is 5.57. The van der Waals surface area contributed by atoms with Gasteiger partial charge in [0, 0.05) is 23.6 Å². The van der Waals surface area contributed by atoms with E-state index < -0.39 is 5.60 Å². The van der Waals surface area contributed by atoms with Crippen LogP contribution in [0.2, 0.25) is 0 Å². The highest BCUT2D eigenvalue weighted by molar-refractivity contribution is 5.88. The van der Waals surface area contributed by atoms with Gasteiger partial charge in [-0.2, -0.15) is 0 Å². The molecule has 40 heavy (non-hydrogen) atoms. The third-order valence-electron chi connectivity index (χ3n) is 7.57. The number of aromatic nitrogens is 4. The fourth-order valence-electron chi connectivity index (χ4n) is 5.57. The van der Waals surface area contributed by atoms with Gasteiger partial charge in [-0.1, -0.05) is 35.8 Å². The Kier molecular flexibility index (Phi) is 6.71. The van der Waals surface area contributed by atoms with Gasteiger partial charge in [0.2, 0.25) is 0 Å². The van der Waals surface area contributed by atoms with E-state index in [4.69, 9.17) is 4.74 Å². The van der Waals surface area contributed by atoms with Crippen LogP contribution in [0.4, 0.5) is 4.79 Å². The SMILES string of the molecule is CC1=C[C@@H](c2ncc(-c3ccc4cc(C#Cc5cnc([C@@H]6CCCN6C(=O)OC(C)(C)C)[nH]5)ccc4c3)[nH]2)CC1. The molecule has 2 N–H and O–H groups in total. The average Bonchev–Trinajstić information content (AvgIpc) is 3.72. The summed E-state index contributed by atoms with van der Waals surface area (Å²) in [6, 6.07) is 12.6. The van der Waals surface area contributed by atoms with Crippen molar-refractivity contribution in [2.75, 3.05) is 6.54 Å². The van der Waals surface area contributed by atoms with Gasteiger partial charge >= 0.3 is 6.09 Å². The zero-order chi connectivity index (χ0) is 27.9. The molecule has 1 aliphatic heterocycles. The van der Waals surface area contributed by atoms with E-state index in [-0.39, 0.29) is 12.1 Å². The van der Waals surface area contributed by atoms with Gasteiger partial charge in [0.25, 0.3) is 0 Å². The van der Waals surface area contributed by atoms with Crippen molar-refractivity contribution in [3.63, 3.8) is 0 Å². The molecule has 0 radical (unpaired) electrons. The molecule has 204 valence electrons. The summed E-state index contributed by atoms with van der Waals surface area (Å²) >= 11 is 0. The Labute approximate surface area is 235 Å². The number of benzene rings is 2. The summed E-state index contributed by atoms with van der Waals surface area (Å²) in [5, 5.41) is 2.29. The molecule has 1 amide bonds. The molecule has 0 saturated carbocycles. The lowest BCUT2D eigenvalue weighted by Gasteiger charge is -2.27. The van der Waals surface area contributed by atoms with Crippen LogP contribution in [0.25, 0.3) is 22.0 Å². The third-order valence-corrected chi connectivity index (χ3v) is 7.57. The second-order valence-electron chi connectivity index (χ2n) is 11.9. The topological polar surface area (TPSA) is 86.9 Å². The van der Waals surface area contributed by atoms with Crippen LogP contribution in [0.5, 0.6) is 0 Å². The van der Waals surface area contributed by atoms with E-state index in [1.54, 1.807) is 11.1 Å². The van der Waals surface area contributed by atoms with Crippen molar-refractivity contribution in [1.82, 2.24) is 24.8 Å². The average molecular weight is 534 g/mol. The standard InChI is InChI=1S/C33H35N5O2/c1-21-7-10-26(16-21)30-35-20-28(37-30)25-13-12-23-17-22(8-11-24(23)18-25)9-14-27-19-34-31(36-27)29-6-5-15-38(29)32(39)40-33(2,3)4/h8,11-13,16-20,26,29H,5-7,10,15H2,1-4H3,(H,34,36)(H,35,37)/t26-,29-/m0/s1. The minimum atomic E-state index is -0.528. The first kappa shape index (κ1) is 25.9. The van der Waals surface area contributed by atoms with Crippen molar-refractivity contribution in [1.29, 1.82) is 0 Å². The summed E-state index contributed by atoms with van der Waals surface area (Å²) in [5.41, 5.74) is 4.74. The molecule has 7 nitrogen and oxygen atoms in total. The molecule has 7 heteroatoms. The van der Waals surface area contributed by atoms with Gasteiger partial charge < -0.3 is 14.7 Å². The van der Waals surface area contributed by atoms with E-state index in [0.717, 1.165) is 70.6 Å². The smallest absolute Gasteiger partial charge is 0.410 e. The Morgan fingerprint density at radius 1 is 1.00 bits per heavy atom. The Morgan fingerprint density at radius 2 is 1.80 bits per heavy atom. The van der Waals surface area contributed by atoms with Crippen LogP contribution < -0.4 is 0 Å². The van der Waals surface area contributed by atoms with Crippen molar-refractivity contribution in [2.24, 2.45) is 0 Å². The van der Waals surface area contributed by atoms with Crippen LogP contribution in [-0.4, -0.2) is 43.1 Å². The lowest BCUT2D eigenvalue weighted by Crippen LogP contribution is -2.36. The Morgan fingerprint density at radius 3 is 2.60 bits per heavy atom. The van der Waals surface area contributed by atoms with Crippen molar-refractivity contribution in [3.8, 4) is 23.1 Å². The monoisotopic (exact) mass is 533 g/mol. The number of carbonyl (C=O) groups is 1. The molecule has 1 saturated heterocycles. The lowest BCUT2D eigenvalue weighted by atomic mass is 10.0. The number of carbonyl (C=O) groups excluding carboxylic acids is 1. The number of rotatable bonds is 3. The van der Waals surface area contributed by atoms with Crippen LogP contribution in [0.3, 0.4) is 0 Å². The molecule has 0 spiro atoms. The molecule has 0 bridgehead atoms. The van der Waals surface area contributed by atoms with Crippen LogP contribution in [-0.2, 0) is 4.74 Å². The van der Waals surface area contributed by atoms with Gasteiger partial charge in [-0.05, 0) is 88.3 Å². The molecule has 2 atom stereocenters. The number of nitrogens with one attached hydrogen (secondary N) is 2. The van der Waals surface area contributed by atoms with E-state index in [9.17, 15) is 4.79 Å². The largest absolute Gasteiger partial charge is 0.444 e. The molecule has 2 aromatic carbocycles. The van der Waals surface area contributed by atoms with Crippen LogP contribution >= 0.6 is 0 Å². The van der Waals surface area contributed by atoms with Gasteiger partial charge in [0.15, 0.2) is 0 Å². The number of amides is 1.